The van der Waals surface area contributed by atoms with E-state index in [1.807, 2.05) is 24.3 Å². The lowest BCUT2D eigenvalue weighted by atomic mass is 10.0. The van der Waals surface area contributed by atoms with Crippen LogP contribution in [0.2, 0.25) is 0 Å². The lowest BCUT2D eigenvalue weighted by Gasteiger charge is -2.36. The SMILES string of the molecule is CC(=O)N[C@@H]1OC(=O)C(c2ccc(N3CCN(C(=O)COC(C)=O)CC3)cc2)=C1C. The van der Waals surface area contributed by atoms with Crippen molar-refractivity contribution >= 4 is 35.0 Å². The molecule has 1 saturated heterocycles. The van der Waals surface area contributed by atoms with Gasteiger partial charge in [-0.3, -0.25) is 14.4 Å². The second-order valence-electron chi connectivity index (χ2n) is 7.24. The maximum atomic E-state index is 12.2. The Hall–Kier alpha value is -3.36. The summed E-state index contributed by atoms with van der Waals surface area (Å²) in [6.45, 7) is 6.57. The molecule has 3 rings (SSSR count). The molecule has 2 heterocycles. The van der Waals surface area contributed by atoms with Gasteiger partial charge in [0.05, 0.1) is 5.57 Å². The second kappa shape index (κ2) is 8.98. The number of nitrogens with one attached hydrogen (secondary N) is 1. The first kappa shape index (κ1) is 21.4. The Morgan fingerprint density at radius 2 is 1.73 bits per heavy atom. The normalized spacial score (nSPS) is 18.9. The van der Waals surface area contributed by atoms with Crippen LogP contribution in [0.3, 0.4) is 0 Å². The van der Waals surface area contributed by atoms with E-state index in [9.17, 15) is 19.2 Å². The lowest BCUT2D eigenvalue weighted by Crippen LogP contribution is -2.49. The average molecular weight is 415 g/mol. The number of rotatable bonds is 5. The summed E-state index contributed by atoms with van der Waals surface area (Å²) in [4.78, 5) is 50.2. The summed E-state index contributed by atoms with van der Waals surface area (Å²) < 4.78 is 10.0. The van der Waals surface area contributed by atoms with Crippen molar-refractivity contribution in [2.75, 3.05) is 37.7 Å². The number of esters is 2. The molecule has 1 atom stereocenters. The molecule has 0 aromatic heterocycles. The van der Waals surface area contributed by atoms with E-state index >= 15 is 0 Å². The van der Waals surface area contributed by atoms with Crippen molar-refractivity contribution in [3.63, 3.8) is 0 Å². The van der Waals surface area contributed by atoms with Gasteiger partial charge >= 0.3 is 11.9 Å². The highest BCUT2D eigenvalue weighted by atomic mass is 16.6. The molecular weight excluding hydrogens is 390 g/mol. The Balaban J connectivity index is 1.62. The van der Waals surface area contributed by atoms with E-state index < -0.39 is 18.2 Å². The number of benzene rings is 1. The van der Waals surface area contributed by atoms with Crippen LogP contribution in [0.4, 0.5) is 5.69 Å². The Morgan fingerprint density at radius 1 is 1.10 bits per heavy atom. The van der Waals surface area contributed by atoms with E-state index in [0.717, 1.165) is 11.3 Å². The number of carbonyl (C=O) groups excluding carboxylic acids is 4. The number of ether oxygens (including phenoxy) is 2. The van der Waals surface area contributed by atoms with Gasteiger partial charge in [-0.05, 0) is 24.6 Å². The summed E-state index contributed by atoms with van der Waals surface area (Å²) in [6.07, 6.45) is -0.734. The molecule has 2 amide bonds. The van der Waals surface area contributed by atoms with Crippen molar-refractivity contribution < 1.29 is 28.7 Å². The summed E-state index contributed by atoms with van der Waals surface area (Å²) in [6, 6.07) is 7.55. The molecule has 0 radical (unpaired) electrons. The Bertz CT molecular complexity index is 885. The summed E-state index contributed by atoms with van der Waals surface area (Å²) in [5, 5.41) is 2.61. The third kappa shape index (κ3) is 4.79. The maximum Gasteiger partial charge on any atom is 0.341 e. The van der Waals surface area contributed by atoms with E-state index in [-0.39, 0.29) is 18.4 Å². The summed E-state index contributed by atoms with van der Waals surface area (Å²) in [5.74, 6) is -1.40. The quantitative estimate of drug-likeness (QED) is 0.706. The van der Waals surface area contributed by atoms with Crippen molar-refractivity contribution in [3.8, 4) is 0 Å². The van der Waals surface area contributed by atoms with E-state index in [1.165, 1.54) is 13.8 Å². The zero-order valence-corrected chi connectivity index (χ0v) is 17.3. The minimum Gasteiger partial charge on any atom is -0.456 e. The van der Waals surface area contributed by atoms with Gasteiger partial charge in [0.25, 0.3) is 5.91 Å². The molecule has 0 unspecified atom stereocenters. The summed E-state index contributed by atoms with van der Waals surface area (Å²) >= 11 is 0. The number of hydrogen-bond donors (Lipinski definition) is 1. The Morgan fingerprint density at radius 3 is 2.30 bits per heavy atom. The van der Waals surface area contributed by atoms with Gasteiger partial charge < -0.3 is 24.6 Å². The monoisotopic (exact) mass is 415 g/mol. The molecule has 1 aromatic rings. The van der Waals surface area contributed by atoms with Crippen LogP contribution in [0.1, 0.15) is 26.3 Å². The van der Waals surface area contributed by atoms with Gasteiger partial charge in [0, 0.05) is 51.3 Å². The summed E-state index contributed by atoms with van der Waals surface area (Å²) in [5.41, 5.74) is 2.84. The number of carbonyl (C=O) groups is 4. The van der Waals surface area contributed by atoms with Gasteiger partial charge in [-0.1, -0.05) is 12.1 Å². The van der Waals surface area contributed by atoms with Crippen LogP contribution in [0, 0.1) is 0 Å². The number of piperazine rings is 1. The van der Waals surface area contributed by atoms with Crippen molar-refractivity contribution in [2.24, 2.45) is 0 Å². The standard InChI is InChI=1S/C21H25N3O6/c1-13-19(21(28)30-20(13)22-14(2)25)16-4-6-17(7-5-16)23-8-10-24(11-9-23)18(27)12-29-15(3)26/h4-7,20H,8-12H2,1-3H3,(H,22,25)/t20-/m1/s1. The third-order valence-electron chi connectivity index (χ3n) is 5.10. The first-order valence-electron chi connectivity index (χ1n) is 9.71. The Kier molecular flexibility index (Phi) is 6.39. The van der Waals surface area contributed by atoms with Gasteiger partial charge in [-0.15, -0.1) is 0 Å². The molecule has 9 nitrogen and oxygen atoms in total. The van der Waals surface area contributed by atoms with Crippen molar-refractivity contribution in [1.29, 1.82) is 0 Å². The smallest absolute Gasteiger partial charge is 0.341 e. The highest BCUT2D eigenvalue weighted by Gasteiger charge is 2.32. The molecule has 160 valence electrons. The lowest BCUT2D eigenvalue weighted by molar-refractivity contribution is -0.150. The van der Waals surface area contributed by atoms with Gasteiger partial charge in [0.2, 0.25) is 5.91 Å². The average Bonchev–Trinajstić information content (AvgIpc) is 2.99. The first-order chi connectivity index (χ1) is 14.3. The topological polar surface area (TPSA) is 105 Å². The van der Waals surface area contributed by atoms with Crippen LogP contribution in [-0.2, 0) is 28.7 Å². The molecule has 1 aromatic carbocycles. The van der Waals surface area contributed by atoms with Gasteiger partial charge in [0.15, 0.2) is 12.8 Å². The fourth-order valence-corrected chi connectivity index (χ4v) is 3.52. The molecule has 30 heavy (non-hydrogen) atoms. The largest absolute Gasteiger partial charge is 0.456 e. The van der Waals surface area contributed by atoms with E-state index in [2.05, 4.69) is 10.2 Å². The van der Waals surface area contributed by atoms with Crippen LogP contribution in [-0.4, -0.2) is 67.7 Å². The van der Waals surface area contributed by atoms with Crippen molar-refractivity contribution in [1.82, 2.24) is 10.2 Å². The van der Waals surface area contributed by atoms with Crippen LogP contribution in [0.25, 0.3) is 5.57 Å². The molecular formula is C21H25N3O6. The molecule has 0 aliphatic carbocycles. The van der Waals surface area contributed by atoms with Crippen LogP contribution >= 0.6 is 0 Å². The Labute approximate surface area is 174 Å². The second-order valence-corrected chi connectivity index (χ2v) is 7.24. The number of hydrogen-bond acceptors (Lipinski definition) is 7. The van der Waals surface area contributed by atoms with Gasteiger partial charge in [-0.25, -0.2) is 4.79 Å². The molecule has 1 fully saturated rings. The van der Waals surface area contributed by atoms with Crippen LogP contribution in [0.5, 0.6) is 0 Å². The number of nitrogens with zero attached hydrogens (tertiary/aromatic N) is 2. The van der Waals surface area contributed by atoms with Crippen LogP contribution in [0.15, 0.2) is 29.8 Å². The van der Waals surface area contributed by atoms with E-state index in [1.54, 1.807) is 11.8 Å². The zero-order valence-electron chi connectivity index (χ0n) is 17.3. The molecule has 0 bridgehead atoms. The highest BCUT2D eigenvalue weighted by Crippen LogP contribution is 2.30. The van der Waals surface area contributed by atoms with E-state index in [0.29, 0.717) is 37.3 Å². The minimum atomic E-state index is -0.734. The fraction of sp³-hybridized carbons (Fsp3) is 0.429. The van der Waals surface area contributed by atoms with Crippen molar-refractivity contribution in [2.45, 2.75) is 27.0 Å². The van der Waals surface area contributed by atoms with Crippen molar-refractivity contribution in [3.05, 3.63) is 35.4 Å². The molecule has 1 N–H and O–H groups in total. The first-order valence-corrected chi connectivity index (χ1v) is 9.71. The van der Waals surface area contributed by atoms with Crippen LogP contribution < -0.4 is 10.2 Å². The number of amides is 2. The molecule has 0 saturated carbocycles. The zero-order chi connectivity index (χ0) is 21.8. The fourth-order valence-electron chi connectivity index (χ4n) is 3.52. The highest BCUT2D eigenvalue weighted by molar-refractivity contribution is 6.19. The number of cyclic esters (lactones) is 1. The predicted molar refractivity (Wildman–Crippen MR) is 108 cm³/mol. The minimum absolute atomic E-state index is 0.198. The predicted octanol–water partition coefficient (Wildman–Crippen LogP) is 0.691. The summed E-state index contributed by atoms with van der Waals surface area (Å²) in [7, 11) is 0. The maximum absolute atomic E-state index is 12.2. The molecule has 0 spiro atoms. The van der Waals surface area contributed by atoms with Gasteiger partial charge in [0.1, 0.15) is 0 Å². The number of anilines is 1. The van der Waals surface area contributed by atoms with E-state index in [4.69, 9.17) is 9.47 Å². The van der Waals surface area contributed by atoms with Gasteiger partial charge in [-0.2, -0.15) is 0 Å². The molecule has 2 aliphatic heterocycles. The third-order valence-corrected chi connectivity index (χ3v) is 5.10. The molecule has 2 aliphatic rings. The molecule has 9 heteroatoms.